The molecule has 1 aliphatic heterocycles. The zero-order valence-corrected chi connectivity index (χ0v) is 5.07. The predicted octanol–water partition coefficient (Wildman–Crippen LogP) is -1.44. The Morgan fingerprint density at radius 1 is 1.50 bits per heavy atom. The van der Waals surface area contributed by atoms with Crippen LogP contribution in [0.2, 0.25) is 0 Å². The van der Waals surface area contributed by atoms with Gasteiger partial charge in [-0.15, -0.1) is 5.10 Å². The molecule has 4 nitrogen and oxygen atoms in total. The number of hydrogen-bond donors (Lipinski definition) is 1. The van der Waals surface area contributed by atoms with Crippen molar-refractivity contribution < 1.29 is 0 Å². The minimum absolute atomic E-state index is 0.800. The van der Waals surface area contributed by atoms with Gasteiger partial charge in [-0.25, -0.2) is 4.99 Å². The van der Waals surface area contributed by atoms with Gasteiger partial charge in [0.25, 0.3) is 0 Å². The maximum Gasteiger partial charge on any atom is 0.115 e. The van der Waals surface area contributed by atoms with Crippen molar-refractivity contribution in [3.8, 4) is 0 Å². The lowest BCUT2D eigenvalue weighted by molar-refractivity contribution is 0.925. The number of aliphatic imine (C=N–C) groups is 1. The summed E-state index contributed by atoms with van der Waals surface area (Å²) in [5.74, 6) is 2.68. The molecular weight excluding hydrogens is 128 g/mol. The summed E-state index contributed by atoms with van der Waals surface area (Å²) in [4.78, 5) is 3.81. The van der Waals surface area contributed by atoms with Gasteiger partial charge in [-0.05, 0) is 11.9 Å². The maximum absolute atomic E-state index is 3.81. The highest BCUT2D eigenvalue weighted by atomic mass is 15.3. The van der Waals surface area contributed by atoms with Gasteiger partial charge in [0.15, 0.2) is 0 Å². The molecule has 0 saturated heterocycles. The van der Waals surface area contributed by atoms with E-state index in [4.69, 9.17) is 0 Å². The molecule has 0 aliphatic carbocycles. The zero-order valence-electron chi connectivity index (χ0n) is 5.07. The molecule has 1 aromatic rings. The number of aromatic amines is 1. The third-order valence-electron chi connectivity index (χ3n) is 1.19. The van der Waals surface area contributed by atoms with Gasteiger partial charge in [0.05, 0.1) is 6.20 Å². The lowest BCUT2D eigenvalue weighted by atomic mass is 10.5. The molecule has 0 amide bonds. The van der Waals surface area contributed by atoms with Crippen molar-refractivity contribution in [2.45, 2.75) is 0 Å². The SMILES string of the molecule is C1=CC=c2nn[nH]c2=CN=1. The fourth-order valence-corrected chi connectivity index (χ4v) is 0.723. The second kappa shape index (κ2) is 1.93. The van der Waals surface area contributed by atoms with E-state index < -0.39 is 0 Å². The Balaban J connectivity index is 2.94. The summed E-state index contributed by atoms with van der Waals surface area (Å²) in [6.45, 7) is 0. The number of allylic oxidation sites excluding steroid dienone is 1. The molecular formula is C6H4N4. The summed E-state index contributed by atoms with van der Waals surface area (Å²) >= 11 is 0. The van der Waals surface area contributed by atoms with Gasteiger partial charge in [-0.2, -0.15) is 0 Å². The van der Waals surface area contributed by atoms with Gasteiger partial charge in [0, 0.05) is 6.08 Å². The number of aromatic nitrogens is 3. The van der Waals surface area contributed by atoms with Crippen molar-refractivity contribution in [1.29, 1.82) is 0 Å². The van der Waals surface area contributed by atoms with Crippen LogP contribution >= 0.6 is 0 Å². The first-order chi connectivity index (χ1) is 4.97. The highest BCUT2D eigenvalue weighted by molar-refractivity contribution is 5.66. The van der Waals surface area contributed by atoms with Gasteiger partial charge in [-0.3, -0.25) is 5.10 Å². The topological polar surface area (TPSA) is 53.9 Å². The average molecular weight is 132 g/mol. The molecule has 4 heteroatoms. The first-order valence-corrected chi connectivity index (χ1v) is 2.83. The van der Waals surface area contributed by atoms with E-state index in [1.54, 1.807) is 18.4 Å². The minimum Gasteiger partial charge on any atom is -0.256 e. The Hall–Kier alpha value is -1.67. The van der Waals surface area contributed by atoms with Crippen LogP contribution in [0.4, 0.5) is 0 Å². The summed E-state index contributed by atoms with van der Waals surface area (Å²) in [6, 6.07) is 0. The lowest BCUT2D eigenvalue weighted by Crippen LogP contribution is -2.23. The summed E-state index contributed by atoms with van der Waals surface area (Å²) in [5, 5.41) is 11.7. The van der Waals surface area contributed by atoms with Crippen LogP contribution in [0.3, 0.4) is 0 Å². The number of hydrogen-bond acceptors (Lipinski definition) is 3. The number of nitrogens with zero attached hydrogens (tertiary/aromatic N) is 3. The van der Waals surface area contributed by atoms with Gasteiger partial charge in [0.1, 0.15) is 10.7 Å². The summed E-state index contributed by atoms with van der Waals surface area (Å²) in [6.07, 6.45) is 5.13. The molecule has 2 heterocycles. The van der Waals surface area contributed by atoms with Crippen LogP contribution in [0.1, 0.15) is 0 Å². The molecule has 1 aromatic heterocycles. The number of nitrogens with one attached hydrogen (secondary N) is 1. The predicted molar refractivity (Wildman–Crippen MR) is 36.6 cm³/mol. The average Bonchev–Trinajstić information content (AvgIpc) is 2.28. The summed E-state index contributed by atoms with van der Waals surface area (Å²) in [5.41, 5.74) is 0. The van der Waals surface area contributed by atoms with Crippen LogP contribution in [0.5, 0.6) is 0 Å². The van der Waals surface area contributed by atoms with E-state index in [9.17, 15) is 0 Å². The van der Waals surface area contributed by atoms with Crippen LogP contribution in [-0.4, -0.2) is 21.3 Å². The summed E-state index contributed by atoms with van der Waals surface area (Å²) in [7, 11) is 0. The fraction of sp³-hybridized carbons (Fsp3) is 0. The molecule has 2 rings (SSSR count). The second-order valence-electron chi connectivity index (χ2n) is 1.83. The third kappa shape index (κ3) is 0.674. The summed E-state index contributed by atoms with van der Waals surface area (Å²) < 4.78 is 0. The smallest absolute Gasteiger partial charge is 0.115 e. The van der Waals surface area contributed by atoms with Crippen molar-refractivity contribution in [2.75, 3.05) is 0 Å². The van der Waals surface area contributed by atoms with Gasteiger partial charge in [0.2, 0.25) is 0 Å². The van der Waals surface area contributed by atoms with Crippen molar-refractivity contribution in [3.05, 3.63) is 16.8 Å². The first kappa shape index (κ1) is 5.14. The minimum atomic E-state index is 0.800. The molecule has 0 fully saturated rings. The highest BCUT2D eigenvalue weighted by Gasteiger charge is 1.86. The molecule has 0 spiro atoms. The van der Waals surface area contributed by atoms with Gasteiger partial charge >= 0.3 is 0 Å². The molecule has 0 saturated carbocycles. The van der Waals surface area contributed by atoms with Crippen molar-refractivity contribution in [3.63, 3.8) is 0 Å². The van der Waals surface area contributed by atoms with Crippen molar-refractivity contribution in [2.24, 2.45) is 4.99 Å². The van der Waals surface area contributed by atoms with Crippen molar-refractivity contribution >= 4 is 18.1 Å². The zero-order chi connectivity index (χ0) is 6.81. The van der Waals surface area contributed by atoms with Crippen LogP contribution in [0, 0.1) is 0 Å². The van der Waals surface area contributed by atoms with E-state index in [2.05, 4.69) is 26.3 Å². The quantitative estimate of drug-likeness (QED) is 0.470. The van der Waals surface area contributed by atoms with Crippen LogP contribution in [-0.2, 0) is 0 Å². The van der Waals surface area contributed by atoms with Crippen LogP contribution in [0.25, 0.3) is 12.3 Å². The van der Waals surface area contributed by atoms with Crippen molar-refractivity contribution in [1.82, 2.24) is 15.4 Å². The number of H-pyrrole nitrogens is 1. The Morgan fingerprint density at radius 2 is 2.50 bits per heavy atom. The molecule has 0 atom stereocenters. The van der Waals surface area contributed by atoms with Crippen LogP contribution in [0.15, 0.2) is 11.1 Å². The van der Waals surface area contributed by atoms with E-state index in [-0.39, 0.29) is 0 Å². The lowest BCUT2D eigenvalue weighted by Gasteiger charge is -1.66. The van der Waals surface area contributed by atoms with E-state index in [0.29, 0.717) is 0 Å². The monoisotopic (exact) mass is 132 g/mol. The Kier molecular flexibility index (Phi) is 0.993. The molecule has 0 aromatic carbocycles. The molecule has 0 radical (unpaired) electrons. The number of fused-ring (bicyclic) bond motifs is 1. The number of rotatable bonds is 0. The van der Waals surface area contributed by atoms with Crippen LogP contribution < -0.4 is 10.7 Å². The molecule has 0 bridgehead atoms. The first-order valence-electron chi connectivity index (χ1n) is 2.83. The maximum atomic E-state index is 3.81. The molecule has 48 valence electrons. The molecule has 1 aliphatic rings. The third-order valence-corrected chi connectivity index (χ3v) is 1.19. The van der Waals surface area contributed by atoms with E-state index in [1.165, 1.54) is 0 Å². The Labute approximate surface area is 56.3 Å². The second-order valence-corrected chi connectivity index (χ2v) is 1.83. The Morgan fingerprint density at radius 3 is 3.50 bits per heavy atom. The van der Waals surface area contributed by atoms with E-state index in [1.807, 2.05) is 0 Å². The normalized spacial score (nSPS) is 13.2. The van der Waals surface area contributed by atoms with E-state index >= 15 is 0 Å². The largest absolute Gasteiger partial charge is 0.256 e. The van der Waals surface area contributed by atoms with Gasteiger partial charge < -0.3 is 0 Å². The standard InChI is InChI=1S/C6H4N4/c1-2-5-6(4-7-3-1)9-10-8-5/h1-2,4H,(H,8,9). The molecule has 1 N–H and O–H groups in total. The molecule has 0 unspecified atom stereocenters. The molecule has 10 heavy (non-hydrogen) atoms. The Bertz CT molecular complexity index is 371. The van der Waals surface area contributed by atoms with Gasteiger partial charge in [-0.1, -0.05) is 5.21 Å². The highest BCUT2D eigenvalue weighted by Crippen LogP contribution is 1.69. The fourth-order valence-electron chi connectivity index (χ4n) is 0.723. The van der Waals surface area contributed by atoms with E-state index in [0.717, 1.165) is 10.7 Å².